The summed E-state index contributed by atoms with van der Waals surface area (Å²) in [6, 6.07) is 8.47. The third-order valence-electron chi connectivity index (χ3n) is 8.79. The number of morpholine rings is 1. The number of hydrogen-bond donors (Lipinski definition) is 1. The summed E-state index contributed by atoms with van der Waals surface area (Å²) in [6.07, 6.45) is 12.5. The van der Waals surface area contributed by atoms with Gasteiger partial charge in [0.15, 0.2) is 0 Å². The Hall–Kier alpha value is -3.10. The van der Waals surface area contributed by atoms with E-state index < -0.39 is 0 Å². The molecule has 3 heterocycles. The Morgan fingerprint density at radius 3 is 2.65 bits per heavy atom. The van der Waals surface area contributed by atoms with Gasteiger partial charge in [0.1, 0.15) is 0 Å². The highest BCUT2D eigenvalue weighted by Gasteiger charge is 2.41. The van der Waals surface area contributed by atoms with E-state index in [1.807, 2.05) is 10.9 Å². The molecule has 0 radical (unpaired) electrons. The molecule has 192 valence electrons. The monoisotopic (exact) mass is 498 g/mol. The van der Waals surface area contributed by atoms with Gasteiger partial charge in [-0.05, 0) is 49.7 Å². The van der Waals surface area contributed by atoms with Gasteiger partial charge in [0, 0.05) is 42.9 Å². The molecule has 2 saturated carbocycles. The van der Waals surface area contributed by atoms with Crippen molar-refractivity contribution in [2.24, 2.45) is 0 Å². The lowest BCUT2D eigenvalue weighted by molar-refractivity contribution is -0.0199. The third-order valence-corrected chi connectivity index (χ3v) is 8.79. The fourth-order valence-corrected chi connectivity index (χ4v) is 6.61. The maximum Gasteiger partial charge on any atom is 0.254 e. The molecule has 0 bridgehead atoms. The van der Waals surface area contributed by atoms with Crippen LogP contribution in [0.2, 0.25) is 0 Å². The highest BCUT2D eigenvalue weighted by Crippen LogP contribution is 2.43. The molecular formula is C29H34N6O2. The first kappa shape index (κ1) is 23.0. The highest BCUT2D eigenvalue weighted by molar-refractivity contribution is 5.95. The number of hydrogen-bond acceptors (Lipinski definition) is 6. The number of aryl methyl sites for hydroxylation is 2. The molecule has 8 nitrogen and oxygen atoms in total. The van der Waals surface area contributed by atoms with Gasteiger partial charge in [-0.15, -0.1) is 0 Å². The van der Waals surface area contributed by atoms with Crippen molar-refractivity contribution in [3.8, 4) is 17.2 Å². The number of nitrogens with zero attached hydrogens (tertiary/aromatic N) is 5. The Labute approximate surface area is 217 Å². The smallest absolute Gasteiger partial charge is 0.254 e. The summed E-state index contributed by atoms with van der Waals surface area (Å²) in [5, 5.41) is 7.98. The number of carbonyl (C=O) groups is 1. The van der Waals surface area contributed by atoms with Crippen LogP contribution in [-0.4, -0.2) is 68.9 Å². The second-order valence-electron chi connectivity index (χ2n) is 11.0. The molecule has 3 aromatic rings. The van der Waals surface area contributed by atoms with Crippen molar-refractivity contribution in [1.82, 2.24) is 30.0 Å². The number of rotatable bonds is 6. The van der Waals surface area contributed by atoms with Gasteiger partial charge < -0.3 is 10.1 Å². The quantitative estimate of drug-likeness (QED) is 0.558. The van der Waals surface area contributed by atoms with Crippen LogP contribution < -0.4 is 5.32 Å². The molecule has 3 fully saturated rings. The summed E-state index contributed by atoms with van der Waals surface area (Å²) >= 11 is 0. The van der Waals surface area contributed by atoms with Crippen LogP contribution in [-0.2, 0) is 17.6 Å². The van der Waals surface area contributed by atoms with Crippen molar-refractivity contribution in [2.75, 3.05) is 32.8 Å². The van der Waals surface area contributed by atoms with Crippen molar-refractivity contribution in [3.05, 3.63) is 59.0 Å². The first-order valence-corrected chi connectivity index (χ1v) is 13.9. The minimum atomic E-state index is -0.0315. The van der Waals surface area contributed by atoms with E-state index in [2.05, 4.69) is 39.6 Å². The molecular weight excluding hydrogens is 464 g/mol. The molecule has 0 spiro atoms. The molecule has 7 rings (SSSR count). The lowest BCUT2D eigenvalue weighted by atomic mass is 9.90. The topological polar surface area (TPSA) is 85.2 Å². The Kier molecular flexibility index (Phi) is 5.81. The van der Waals surface area contributed by atoms with Crippen LogP contribution in [0.25, 0.3) is 17.2 Å². The molecule has 1 aliphatic heterocycles. The van der Waals surface area contributed by atoms with Gasteiger partial charge in [-0.2, -0.15) is 5.10 Å². The molecule has 1 amide bonds. The lowest BCUT2D eigenvalue weighted by Crippen LogP contribution is -2.57. The molecule has 0 atom stereocenters. The maximum absolute atomic E-state index is 13.6. The molecule has 8 heteroatoms. The Balaban J connectivity index is 1.17. The summed E-state index contributed by atoms with van der Waals surface area (Å²) in [7, 11) is 0. The van der Waals surface area contributed by atoms with Gasteiger partial charge in [-0.25, -0.2) is 14.6 Å². The van der Waals surface area contributed by atoms with Crippen LogP contribution in [0.5, 0.6) is 0 Å². The van der Waals surface area contributed by atoms with Gasteiger partial charge in [0.05, 0.1) is 36.4 Å². The minimum absolute atomic E-state index is 0.0315. The van der Waals surface area contributed by atoms with Crippen LogP contribution in [0, 0.1) is 0 Å². The molecule has 1 saturated heterocycles. The first-order valence-electron chi connectivity index (χ1n) is 13.9. The predicted molar refractivity (Wildman–Crippen MR) is 140 cm³/mol. The van der Waals surface area contributed by atoms with Crippen LogP contribution in [0.3, 0.4) is 0 Å². The molecule has 37 heavy (non-hydrogen) atoms. The van der Waals surface area contributed by atoms with Gasteiger partial charge >= 0.3 is 0 Å². The predicted octanol–water partition coefficient (Wildman–Crippen LogP) is 3.68. The average molecular weight is 499 g/mol. The summed E-state index contributed by atoms with van der Waals surface area (Å²) < 4.78 is 7.41. The van der Waals surface area contributed by atoms with E-state index in [-0.39, 0.29) is 11.4 Å². The number of carbonyl (C=O) groups excluding carboxylic acids is 1. The summed E-state index contributed by atoms with van der Waals surface area (Å²) in [5.74, 6) is 0.850. The van der Waals surface area contributed by atoms with E-state index in [9.17, 15) is 4.79 Å². The van der Waals surface area contributed by atoms with Gasteiger partial charge in [0.2, 0.25) is 0 Å². The number of nitrogens with one attached hydrogen (secondary N) is 1. The third kappa shape index (κ3) is 4.16. The van der Waals surface area contributed by atoms with Crippen molar-refractivity contribution in [2.45, 2.75) is 62.8 Å². The number of benzene rings is 1. The van der Waals surface area contributed by atoms with Crippen LogP contribution in [0.1, 0.15) is 71.6 Å². The van der Waals surface area contributed by atoms with Crippen molar-refractivity contribution < 1.29 is 9.53 Å². The maximum atomic E-state index is 13.6. The van der Waals surface area contributed by atoms with Crippen molar-refractivity contribution in [1.29, 1.82) is 0 Å². The zero-order valence-corrected chi connectivity index (χ0v) is 21.3. The van der Waals surface area contributed by atoms with Crippen molar-refractivity contribution in [3.63, 3.8) is 0 Å². The van der Waals surface area contributed by atoms with E-state index in [1.165, 1.54) is 29.5 Å². The van der Waals surface area contributed by atoms with E-state index in [0.717, 1.165) is 76.2 Å². The fourth-order valence-electron chi connectivity index (χ4n) is 6.61. The normalized spacial score (nSPS) is 20.9. The Morgan fingerprint density at radius 2 is 1.84 bits per heavy atom. The number of fused-ring (bicyclic) bond motifs is 3. The first-order chi connectivity index (χ1) is 18.2. The second-order valence-corrected chi connectivity index (χ2v) is 11.0. The van der Waals surface area contributed by atoms with Crippen LogP contribution in [0.15, 0.2) is 36.7 Å². The van der Waals surface area contributed by atoms with Gasteiger partial charge in [0.25, 0.3) is 11.9 Å². The van der Waals surface area contributed by atoms with Gasteiger partial charge in [-0.3, -0.25) is 9.69 Å². The fraction of sp³-hybridized carbons (Fsp3) is 0.517. The molecule has 2 aromatic heterocycles. The number of amides is 1. The van der Waals surface area contributed by atoms with Gasteiger partial charge in [-0.1, -0.05) is 37.1 Å². The van der Waals surface area contributed by atoms with Crippen LogP contribution in [0.4, 0.5) is 0 Å². The average Bonchev–Trinajstić information content (AvgIpc) is 3.50. The minimum Gasteiger partial charge on any atom is -0.379 e. The SMILES string of the molecule is O=C(NCC1(N2CCOCC2)CCCC1)c1cnn(-c2ncc3c(n2)-c2ccccc2CC3)c1C1CC1. The summed E-state index contributed by atoms with van der Waals surface area (Å²) in [5.41, 5.74) is 6.32. The largest absolute Gasteiger partial charge is 0.379 e. The number of aromatic nitrogens is 4. The Bertz CT molecular complexity index is 1320. The molecule has 0 unspecified atom stereocenters. The second kappa shape index (κ2) is 9.33. The highest BCUT2D eigenvalue weighted by atomic mass is 16.5. The zero-order valence-electron chi connectivity index (χ0n) is 21.3. The molecule has 4 aliphatic rings. The van der Waals surface area contributed by atoms with E-state index in [1.54, 1.807) is 6.20 Å². The number of ether oxygens (including phenoxy) is 1. The summed E-state index contributed by atoms with van der Waals surface area (Å²) in [6.45, 7) is 4.12. The Morgan fingerprint density at radius 1 is 1.05 bits per heavy atom. The molecule has 3 aliphatic carbocycles. The molecule has 1 N–H and O–H groups in total. The van der Waals surface area contributed by atoms with Crippen molar-refractivity contribution >= 4 is 5.91 Å². The van der Waals surface area contributed by atoms with E-state index >= 15 is 0 Å². The standard InChI is InChI=1S/C29H34N6O2/c36-27(31-19-29(11-3-4-12-29)34-13-15-37-16-14-34)24-18-32-35(26(24)21-8-9-21)28-30-17-22-10-7-20-5-1-2-6-23(20)25(22)33-28/h1-2,5-6,17-18,21H,3-4,7-16,19H2,(H,31,36). The van der Waals surface area contributed by atoms with E-state index in [4.69, 9.17) is 14.7 Å². The lowest BCUT2D eigenvalue weighted by Gasteiger charge is -2.43. The van der Waals surface area contributed by atoms with Crippen LogP contribution >= 0.6 is 0 Å². The molecule has 1 aromatic carbocycles. The zero-order chi connectivity index (χ0) is 24.8. The summed E-state index contributed by atoms with van der Waals surface area (Å²) in [4.78, 5) is 25.8. The van der Waals surface area contributed by atoms with E-state index in [0.29, 0.717) is 24.0 Å².